The SMILES string of the molecule is COc1ccc(N2C(=O)NC(=O)/C(=C\c3ccc(OCC(=O)Nc4ccc(C)c(C)c4)cc3)C2=O)cc1. The van der Waals surface area contributed by atoms with Crippen molar-refractivity contribution in [2.24, 2.45) is 0 Å². The molecule has 5 amide bonds. The molecule has 0 spiro atoms. The van der Waals surface area contributed by atoms with Gasteiger partial charge in [-0.1, -0.05) is 18.2 Å². The second-order valence-corrected chi connectivity index (χ2v) is 8.36. The van der Waals surface area contributed by atoms with Crippen molar-refractivity contribution in [1.82, 2.24) is 5.32 Å². The molecular weight excluding hydrogens is 474 g/mol. The van der Waals surface area contributed by atoms with E-state index in [4.69, 9.17) is 9.47 Å². The van der Waals surface area contributed by atoms with Crippen LogP contribution in [0.2, 0.25) is 0 Å². The number of urea groups is 1. The van der Waals surface area contributed by atoms with E-state index in [1.54, 1.807) is 48.5 Å². The summed E-state index contributed by atoms with van der Waals surface area (Å²) in [5, 5.41) is 4.97. The van der Waals surface area contributed by atoms with Crippen molar-refractivity contribution in [1.29, 1.82) is 0 Å². The fourth-order valence-electron chi connectivity index (χ4n) is 3.62. The standard InChI is InChI=1S/C28H25N3O6/c1-17-4-7-20(14-18(17)2)29-25(32)16-37-23-10-5-19(6-11-23)15-24-26(33)30-28(35)31(27(24)34)21-8-12-22(36-3)13-9-21/h4-15H,16H2,1-3H3,(H,29,32)(H,30,33,35)/b24-15+. The maximum absolute atomic E-state index is 13.0. The first-order valence-corrected chi connectivity index (χ1v) is 11.4. The van der Waals surface area contributed by atoms with Gasteiger partial charge in [-0.25, -0.2) is 9.69 Å². The van der Waals surface area contributed by atoms with Gasteiger partial charge in [-0.3, -0.25) is 19.7 Å². The van der Waals surface area contributed by atoms with Gasteiger partial charge in [0.1, 0.15) is 17.1 Å². The van der Waals surface area contributed by atoms with Gasteiger partial charge in [0.2, 0.25) is 0 Å². The van der Waals surface area contributed by atoms with Crippen molar-refractivity contribution in [2.75, 3.05) is 23.9 Å². The van der Waals surface area contributed by atoms with Crippen LogP contribution in [0.3, 0.4) is 0 Å². The van der Waals surface area contributed by atoms with E-state index in [0.717, 1.165) is 16.0 Å². The van der Waals surface area contributed by atoms with E-state index in [2.05, 4.69) is 10.6 Å². The highest BCUT2D eigenvalue weighted by Crippen LogP contribution is 2.24. The fraction of sp³-hybridized carbons (Fsp3) is 0.143. The lowest BCUT2D eigenvalue weighted by atomic mass is 10.1. The van der Waals surface area contributed by atoms with Crippen LogP contribution < -0.4 is 25.0 Å². The number of nitrogens with zero attached hydrogens (tertiary/aromatic N) is 1. The molecule has 1 aliphatic rings. The van der Waals surface area contributed by atoms with Crippen LogP contribution in [0.15, 0.2) is 72.3 Å². The fourth-order valence-corrected chi connectivity index (χ4v) is 3.62. The normalized spacial score (nSPS) is 14.4. The van der Waals surface area contributed by atoms with Crippen molar-refractivity contribution < 1.29 is 28.7 Å². The zero-order chi connectivity index (χ0) is 26.5. The Morgan fingerprint density at radius 3 is 2.24 bits per heavy atom. The number of carbonyl (C=O) groups excluding carboxylic acids is 4. The minimum atomic E-state index is -0.833. The van der Waals surface area contributed by atoms with Crippen LogP contribution in [-0.2, 0) is 14.4 Å². The third kappa shape index (κ3) is 5.84. The first-order valence-electron chi connectivity index (χ1n) is 11.4. The maximum Gasteiger partial charge on any atom is 0.335 e. The number of amides is 5. The van der Waals surface area contributed by atoms with Gasteiger partial charge in [0, 0.05) is 5.69 Å². The van der Waals surface area contributed by atoms with E-state index in [1.165, 1.54) is 13.2 Å². The van der Waals surface area contributed by atoms with Crippen molar-refractivity contribution in [2.45, 2.75) is 13.8 Å². The van der Waals surface area contributed by atoms with E-state index in [9.17, 15) is 19.2 Å². The molecule has 3 aromatic carbocycles. The topological polar surface area (TPSA) is 114 Å². The van der Waals surface area contributed by atoms with E-state index in [-0.39, 0.29) is 18.1 Å². The number of hydrogen-bond donors (Lipinski definition) is 2. The minimum absolute atomic E-state index is 0.187. The Morgan fingerprint density at radius 2 is 1.59 bits per heavy atom. The number of nitrogens with one attached hydrogen (secondary N) is 2. The summed E-state index contributed by atoms with van der Waals surface area (Å²) in [6.45, 7) is 3.78. The van der Waals surface area contributed by atoms with Gasteiger partial charge in [-0.2, -0.15) is 0 Å². The van der Waals surface area contributed by atoms with Crippen LogP contribution >= 0.6 is 0 Å². The summed E-state index contributed by atoms with van der Waals surface area (Å²) in [5.74, 6) is -0.843. The molecule has 0 bridgehead atoms. The number of rotatable bonds is 7. The highest BCUT2D eigenvalue weighted by molar-refractivity contribution is 6.39. The lowest BCUT2D eigenvalue weighted by Crippen LogP contribution is -2.54. The van der Waals surface area contributed by atoms with Crippen LogP contribution in [0.5, 0.6) is 11.5 Å². The van der Waals surface area contributed by atoms with Gasteiger partial charge < -0.3 is 14.8 Å². The summed E-state index contributed by atoms with van der Waals surface area (Å²) in [6.07, 6.45) is 1.39. The number of aryl methyl sites for hydroxylation is 2. The third-order valence-electron chi connectivity index (χ3n) is 5.78. The number of imide groups is 2. The Labute approximate surface area is 213 Å². The van der Waals surface area contributed by atoms with Crippen LogP contribution in [0.4, 0.5) is 16.2 Å². The molecule has 0 aliphatic carbocycles. The summed E-state index contributed by atoms with van der Waals surface area (Å²) in [5.41, 5.74) is 3.54. The second-order valence-electron chi connectivity index (χ2n) is 8.36. The van der Waals surface area contributed by atoms with E-state index in [1.807, 2.05) is 32.0 Å². The predicted molar refractivity (Wildman–Crippen MR) is 138 cm³/mol. The molecule has 2 N–H and O–H groups in total. The first kappa shape index (κ1) is 25.2. The lowest BCUT2D eigenvalue weighted by Gasteiger charge is -2.26. The third-order valence-corrected chi connectivity index (χ3v) is 5.78. The lowest BCUT2D eigenvalue weighted by molar-refractivity contribution is -0.122. The Morgan fingerprint density at radius 1 is 0.919 bits per heavy atom. The molecule has 9 heteroatoms. The molecule has 0 atom stereocenters. The molecule has 0 saturated carbocycles. The monoisotopic (exact) mass is 499 g/mol. The smallest absolute Gasteiger partial charge is 0.335 e. The van der Waals surface area contributed by atoms with Crippen molar-refractivity contribution in [3.05, 3.63) is 89.0 Å². The molecule has 0 radical (unpaired) electrons. The van der Waals surface area contributed by atoms with Gasteiger partial charge in [0.25, 0.3) is 17.7 Å². The Bertz CT molecular complexity index is 1390. The van der Waals surface area contributed by atoms with Gasteiger partial charge in [0.05, 0.1) is 12.8 Å². The first-order chi connectivity index (χ1) is 17.7. The van der Waals surface area contributed by atoms with Gasteiger partial charge in [-0.15, -0.1) is 0 Å². The molecular formula is C28H25N3O6. The van der Waals surface area contributed by atoms with Crippen molar-refractivity contribution in [3.63, 3.8) is 0 Å². The summed E-state index contributed by atoms with van der Waals surface area (Å²) < 4.78 is 10.6. The zero-order valence-corrected chi connectivity index (χ0v) is 20.5. The number of barbiturate groups is 1. The number of ether oxygens (including phenoxy) is 2. The predicted octanol–water partition coefficient (Wildman–Crippen LogP) is 4.00. The second kappa shape index (κ2) is 10.8. The van der Waals surface area contributed by atoms with E-state index < -0.39 is 17.8 Å². The van der Waals surface area contributed by atoms with Crippen LogP contribution in [-0.4, -0.2) is 37.5 Å². The zero-order valence-electron chi connectivity index (χ0n) is 20.5. The maximum atomic E-state index is 13.0. The Kier molecular flexibility index (Phi) is 7.34. The molecule has 0 aromatic heterocycles. The largest absolute Gasteiger partial charge is 0.497 e. The Hall–Kier alpha value is -4.92. The highest BCUT2D eigenvalue weighted by atomic mass is 16.5. The molecule has 1 fully saturated rings. The summed E-state index contributed by atoms with van der Waals surface area (Å²) in [7, 11) is 1.50. The van der Waals surface area contributed by atoms with Crippen LogP contribution in [0, 0.1) is 13.8 Å². The number of methoxy groups -OCH3 is 1. The van der Waals surface area contributed by atoms with Gasteiger partial charge in [0.15, 0.2) is 6.61 Å². The molecule has 3 aromatic rings. The summed E-state index contributed by atoms with van der Waals surface area (Å²) >= 11 is 0. The van der Waals surface area contributed by atoms with Gasteiger partial charge >= 0.3 is 6.03 Å². The van der Waals surface area contributed by atoms with Crippen molar-refractivity contribution >= 4 is 41.2 Å². The Balaban J connectivity index is 1.42. The molecule has 188 valence electrons. The van der Waals surface area contributed by atoms with Crippen LogP contribution in [0.25, 0.3) is 6.08 Å². The number of anilines is 2. The molecule has 1 saturated heterocycles. The average Bonchev–Trinajstić information content (AvgIpc) is 2.88. The number of benzene rings is 3. The van der Waals surface area contributed by atoms with Crippen LogP contribution in [0.1, 0.15) is 16.7 Å². The molecule has 4 rings (SSSR count). The van der Waals surface area contributed by atoms with Gasteiger partial charge in [-0.05, 0) is 85.1 Å². The number of carbonyl (C=O) groups is 4. The quantitative estimate of drug-likeness (QED) is 0.375. The molecule has 0 unspecified atom stereocenters. The molecule has 1 heterocycles. The summed E-state index contributed by atoms with van der Waals surface area (Å²) in [4.78, 5) is 50.9. The molecule has 9 nitrogen and oxygen atoms in total. The van der Waals surface area contributed by atoms with Crippen molar-refractivity contribution in [3.8, 4) is 11.5 Å². The van der Waals surface area contributed by atoms with E-state index >= 15 is 0 Å². The highest BCUT2D eigenvalue weighted by Gasteiger charge is 2.36. The van der Waals surface area contributed by atoms with E-state index in [0.29, 0.717) is 28.4 Å². The molecule has 37 heavy (non-hydrogen) atoms. The molecule has 1 aliphatic heterocycles. The average molecular weight is 500 g/mol. The minimum Gasteiger partial charge on any atom is -0.497 e. The number of hydrogen-bond acceptors (Lipinski definition) is 6. The summed E-state index contributed by atoms with van der Waals surface area (Å²) in [6, 6.07) is 17.6.